The molecule has 146 valence electrons. The first-order valence-corrected chi connectivity index (χ1v) is 12.1. The van der Waals surface area contributed by atoms with Gasteiger partial charge in [-0.05, 0) is 0 Å². The molecule has 0 saturated heterocycles. The second kappa shape index (κ2) is 8.51. The number of aromatic nitrogens is 1. The maximum absolute atomic E-state index is 2.45. The summed E-state index contributed by atoms with van der Waals surface area (Å²) in [5.74, 6) is 0. The van der Waals surface area contributed by atoms with Crippen LogP contribution in [0.15, 0.2) is 68.3 Å². The number of hydrogen-bond acceptors (Lipinski definition) is 0. The van der Waals surface area contributed by atoms with Crippen LogP contribution >= 0.6 is 0 Å². The Labute approximate surface area is 193 Å². The second-order valence-electron chi connectivity index (χ2n) is 8.21. The van der Waals surface area contributed by atoms with Crippen molar-refractivity contribution in [2.75, 3.05) is 0 Å². The smallest absolute Gasteiger partial charge is 1.00 e. The van der Waals surface area contributed by atoms with E-state index in [0.29, 0.717) is 3.63 Å². The summed E-state index contributed by atoms with van der Waals surface area (Å²) < 4.78 is 4.69. The fourth-order valence-electron chi connectivity index (χ4n) is 4.47. The topological polar surface area (TPSA) is 4.93 Å². The summed E-state index contributed by atoms with van der Waals surface area (Å²) in [5.41, 5.74) is 10.8. The van der Waals surface area contributed by atoms with Crippen LogP contribution in [-0.4, -0.2) is 4.57 Å². The van der Waals surface area contributed by atoms with Crippen LogP contribution < -0.4 is 24.8 Å². The molecule has 2 aliphatic carbocycles. The van der Waals surface area contributed by atoms with E-state index in [1.165, 1.54) is 16.8 Å². The van der Waals surface area contributed by atoms with Crippen LogP contribution in [0.2, 0.25) is 0 Å². The zero-order valence-corrected chi connectivity index (χ0v) is 21.4. The summed E-state index contributed by atoms with van der Waals surface area (Å²) in [7, 11) is 0. The Morgan fingerprint density at radius 2 is 1.54 bits per heavy atom. The van der Waals surface area contributed by atoms with E-state index in [1.807, 2.05) is 0 Å². The van der Waals surface area contributed by atoms with Crippen LogP contribution in [0, 0.1) is 5.41 Å². The van der Waals surface area contributed by atoms with Crippen LogP contribution in [-0.2, 0) is 23.2 Å². The molecule has 1 aromatic carbocycles. The maximum atomic E-state index is 2.45. The van der Waals surface area contributed by atoms with Gasteiger partial charge < -0.3 is 24.8 Å². The van der Waals surface area contributed by atoms with E-state index < -0.39 is 23.2 Å². The van der Waals surface area contributed by atoms with E-state index in [0.717, 1.165) is 0 Å². The summed E-state index contributed by atoms with van der Waals surface area (Å²) in [6, 6.07) is 11.1. The number of benzene rings is 1. The van der Waals surface area contributed by atoms with Gasteiger partial charge >= 0.3 is 170 Å². The first-order valence-electron chi connectivity index (χ1n) is 9.43. The van der Waals surface area contributed by atoms with Gasteiger partial charge in [-0.3, -0.25) is 0 Å². The minimum atomic E-state index is -0.777. The quantitative estimate of drug-likeness (QED) is 0.595. The molecule has 2 aromatic rings. The van der Waals surface area contributed by atoms with Gasteiger partial charge in [0, 0.05) is 0 Å². The van der Waals surface area contributed by atoms with E-state index >= 15 is 0 Å². The van der Waals surface area contributed by atoms with E-state index in [4.69, 9.17) is 0 Å². The minimum absolute atomic E-state index is 0. The van der Waals surface area contributed by atoms with Crippen molar-refractivity contribution in [3.8, 4) is 5.69 Å². The van der Waals surface area contributed by atoms with Crippen molar-refractivity contribution in [3.05, 3.63) is 79.4 Å². The minimum Gasteiger partial charge on any atom is -1.00 e. The molecule has 0 N–H and O–H groups in total. The molecule has 4 rings (SSSR count). The predicted molar refractivity (Wildman–Crippen MR) is 107 cm³/mol. The summed E-state index contributed by atoms with van der Waals surface area (Å²) in [6.07, 6.45) is 6.74. The normalized spacial score (nSPS) is 19.6. The molecule has 0 amide bonds. The summed E-state index contributed by atoms with van der Waals surface area (Å²) in [5, 5.41) is 0. The summed E-state index contributed by atoms with van der Waals surface area (Å²) in [4.78, 5) is 0. The Morgan fingerprint density at radius 1 is 0.893 bits per heavy atom. The zero-order chi connectivity index (χ0) is 18.6. The average Bonchev–Trinajstić information content (AvgIpc) is 3.27. The molecule has 1 heterocycles. The third-order valence-corrected chi connectivity index (χ3v) is 12.2. The number of allylic oxidation sites excluding steroid dienone is 5. The van der Waals surface area contributed by atoms with Gasteiger partial charge in [-0.1, -0.05) is 0 Å². The Morgan fingerprint density at radius 3 is 2.11 bits per heavy atom. The first kappa shape index (κ1) is 23.5. The summed E-state index contributed by atoms with van der Waals surface area (Å²) >= 11 is -0.777. The molecule has 2 aliphatic rings. The number of rotatable bonds is 3. The summed E-state index contributed by atoms with van der Waals surface area (Å²) in [6.45, 7) is 14.2. The predicted octanol–water partition coefficient (Wildman–Crippen LogP) is 0.676. The molecule has 0 fully saturated rings. The number of halogens is 2. The van der Waals surface area contributed by atoms with Crippen molar-refractivity contribution in [1.29, 1.82) is 0 Å². The third kappa shape index (κ3) is 3.58. The SMILES string of the molecule is CC1=Cc2c(cccc2-n2cccc2)[CH]1[Zr+2][C]1=C(C)C(C)=C(C)C1(C)C.[Cl-].[Cl-]. The van der Waals surface area contributed by atoms with Crippen molar-refractivity contribution < 1.29 is 48.0 Å². The van der Waals surface area contributed by atoms with E-state index in [-0.39, 0.29) is 30.2 Å². The fraction of sp³-hybridized carbons (Fsp3) is 0.333. The van der Waals surface area contributed by atoms with Crippen LogP contribution in [0.5, 0.6) is 0 Å². The largest absolute Gasteiger partial charge is 1.00 e. The monoisotopic (exact) mass is 489 g/mol. The van der Waals surface area contributed by atoms with E-state index in [1.54, 1.807) is 25.6 Å². The van der Waals surface area contributed by atoms with E-state index in [2.05, 4.69) is 94.9 Å². The molecular weight excluding hydrogens is 464 g/mol. The first-order chi connectivity index (χ1) is 12.3. The van der Waals surface area contributed by atoms with Crippen molar-refractivity contribution >= 4 is 6.08 Å². The molecule has 0 bridgehead atoms. The number of nitrogens with zero attached hydrogens (tertiary/aromatic N) is 1. The standard InChI is InChI=1S/C14H12N.C10H15.2ClH.Zr/c1-11-9-12-5-4-6-14(13(12)10-11)15-7-2-3-8-15;1-7-6-10(4,5)9(3)8(7)2;;;/h2-10H,1H3;1-5H3;2*1H;/q;;;;+2/p-2. The Kier molecular flexibility index (Phi) is 7.13. The Hall–Kier alpha value is -0.817. The van der Waals surface area contributed by atoms with Gasteiger partial charge in [0.1, 0.15) is 0 Å². The Bertz CT molecular complexity index is 978. The number of fused-ring (bicyclic) bond motifs is 1. The van der Waals surface area contributed by atoms with Crippen LogP contribution in [0.4, 0.5) is 0 Å². The van der Waals surface area contributed by atoms with E-state index in [9.17, 15) is 0 Å². The average molecular weight is 492 g/mol. The van der Waals surface area contributed by atoms with Crippen molar-refractivity contribution in [1.82, 2.24) is 4.57 Å². The van der Waals surface area contributed by atoms with Crippen molar-refractivity contribution in [3.63, 3.8) is 0 Å². The van der Waals surface area contributed by atoms with Gasteiger partial charge in [-0.15, -0.1) is 0 Å². The molecule has 4 heteroatoms. The molecular formula is C24H27Cl2NZr. The molecule has 0 spiro atoms. The Balaban J connectivity index is 0.00000140. The fourth-order valence-corrected chi connectivity index (χ4v) is 9.29. The third-order valence-electron chi connectivity index (χ3n) is 6.49. The molecule has 1 aromatic heterocycles. The van der Waals surface area contributed by atoms with Gasteiger partial charge in [-0.25, -0.2) is 0 Å². The number of hydrogen-bond donors (Lipinski definition) is 0. The van der Waals surface area contributed by atoms with Gasteiger partial charge in [0.15, 0.2) is 0 Å². The van der Waals surface area contributed by atoms with Gasteiger partial charge in [0.2, 0.25) is 0 Å². The molecule has 28 heavy (non-hydrogen) atoms. The van der Waals surface area contributed by atoms with Crippen molar-refractivity contribution in [2.24, 2.45) is 5.41 Å². The van der Waals surface area contributed by atoms with Crippen LogP contribution in [0.3, 0.4) is 0 Å². The van der Waals surface area contributed by atoms with Gasteiger partial charge in [0.05, 0.1) is 0 Å². The zero-order valence-electron chi connectivity index (χ0n) is 17.4. The molecule has 0 saturated carbocycles. The molecule has 0 radical (unpaired) electrons. The molecule has 1 unspecified atom stereocenters. The van der Waals surface area contributed by atoms with Gasteiger partial charge in [-0.2, -0.15) is 0 Å². The maximum Gasteiger partial charge on any atom is -1.00 e. The second-order valence-corrected chi connectivity index (χ2v) is 11.6. The van der Waals surface area contributed by atoms with Crippen LogP contribution in [0.1, 0.15) is 56.3 Å². The van der Waals surface area contributed by atoms with Crippen LogP contribution in [0.25, 0.3) is 11.8 Å². The van der Waals surface area contributed by atoms with Crippen molar-refractivity contribution in [2.45, 2.75) is 45.2 Å². The van der Waals surface area contributed by atoms with Gasteiger partial charge in [0.25, 0.3) is 0 Å². The molecule has 0 aliphatic heterocycles. The molecule has 1 atom stereocenters. The molecule has 1 nitrogen and oxygen atoms in total.